The molecule has 1 heterocycles. The molecule has 8 nitrogen and oxygen atoms in total. The molecule has 2 aliphatic rings. The minimum absolute atomic E-state index is 0.0282. The van der Waals surface area contributed by atoms with Crippen LogP contribution in [0.1, 0.15) is 65.2 Å². The number of aliphatic carboxylic acids is 1. The van der Waals surface area contributed by atoms with Crippen molar-refractivity contribution in [3.63, 3.8) is 0 Å². The van der Waals surface area contributed by atoms with Crippen molar-refractivity contribution in [1.82, 2.24) is 0 Å². The van der Waals surface area contributed by atoms with Gasteiger partial charge in [0, 0.05) is 41.1 Å². The predicted molar refractivity (Wildman–Crippen MR) is 168 cm³/mol. The van der Waals surface area contributed by atoms with Crippen LogP contribution in [0.15, 0.2) is 58.3 Å². The summed E-state index contributed by atoms with van der Waals surface area (Å²) in [6.45, 7) is 4.81. The van der Waals surface area contributed by atoms with Gasteiger partial charge in [0.1, 0.15) is 12.0 Å². The predicted octanol–water partition coefficient (Wildman–Crippen LogP) is 8.66. The van der Waals surface area contributed by atoms with Gasteiger partial charge >= 0.3 is 5.97 Å². The lowest BCUT2D eigenvalue weighted by atomic mass is 9.79. The summed E-state index contributed by atoms with van der Waals surface area (Å²) in [7, 11) is -3.34. The lowest BCUT2D eigenvalue weighted by Gasteiger charge is -2.42. The highest BCUT2D eigenvalue weighted by molar-refractivity contribution is 8.24. The lowest BCUT2D eigenvalue weighted by molar-refractivity contribution is -0.134. The van der Waals surface area contributed by atoms with Crippen molar-refractivity contribution < 1.29 is 32.9 Å². The number of carboxylic acids is 1. The Labute approximate surface area is 253 Å². The average molecular weight is 621 g/mol. The summed E-state index contributed by atoms with van der Waals surface area (Å²) >= 11 is 1.33. The monoisotopic (exact) mass is 620 g/mol. The Kier molecular flexibility index (Phi) is 10.5. The smallest absolute Gasteiger partial charge is 0.368 e. The summed E-state index contributed by atoms with van der Waals surface area (Å²) < 4.78 is 42.8. The van der Waals surface area contributed by atoms with Crippen molar-refractivity contribution in [2.75, 3.05) is 28.8 Å². The summed E-state index contributed by atoms with van der Waals surface area (Å²) in [6, 6.07) is 10.9. The maximum absolute atomic E-state index is 13.8. The molecule has 0 radical (unpaired) electrons. The number of amides is 1. The Bertz CT molecular complexity index is 1310. The topological polar surface area (TPSA) is 119 Å². The van der Waals surface area contributed by atoms with Crippen molar-refractivity contribution in [3.05, 3.63) is 48.5 Å². The zero-order chi connectivity index (χ0) is 30.5. The van der Waals surface area contributed by atoms with E-state index in [1.165, 1.54) is 17.8 Å². The van der Waals surface area contributed by atoms with Crippen molar-refractivity contribution in [1.29, 1.82) is 0 Å². The normalized spacial score (nSPS) is 18.5. The first-order chi connectivity index (χ1) is 20.0. The highest BCUT2D eigenvalue weighted by Gasteiger charge is 2.42. The van der Waals surface area contributed by atoms with Crippen LogP contribution in [-0.4, -0.2) is 44.6 Å². The summed E-state index contributed by atoms with van der Waals surface area (Å²) in [4.78, 5) is 26.3. The number of carbonyl (C=O) groups is 2. The maximum atomic E-state index is 13.8. The largest absolute Gasteiger partial charge is 0.476 e. The molecule has 0 saturated heterocycles. The zero-order valence-electron chi connectivity index (χ0n) is 24.4. The number of benzene rings is 2. The Morgan fingerprint density at radius 3 is 2.33 bits per heavy atom. The fourth-order valence-corrected chi connectivity index (χ4v) is 8.19. The van der Waals surface area contributed by atoms with E-state index in [-0.39, 0.29) is 28.2 Å². The molecule has 0 unspecified atom stereocenters. The number of ether oxygens (including phenoxy) is 1. The van der Waals surface area contributed by atoms with E-state index < -0.39 is 27.8 Å². The number of nitrogens with zero attached hydrogens (tertiary/aromatic N) is 1. The van der Waals surface area contributed by atoms with E-state index in [0.29, 0.717) is 29.1 Å². The molecule has 0 spiro atoms. The Morgan fingerprint density at radius 1 is 1.14 bits per heavy atom. The van der Waals surface area contributed by atoms with Gasteiger partial charge in [-0.2, -0.15) is 15.0 Å². The SMILES string of the molecule is CCCCC1(CCCC)CN(c2ccc(NC(=O)C3CC3)cc2)c2cc(SC)c(OC=C(F)C(=O)O)cc2S(O)(O)C1. The number of halogens is 1. The highest BCUT2D eigenvalue weighted by atomic mass is 32.3. The van der Waals surface area contributed by atoms with Gasteiger partial charge < -0.3 is 20.1 Å². The van der Waals surface area contributed by atoms with Crippen LogP contribution < -0.4 is 15.0 Å². The molecule has 4 N–H and O–H groups in total. The number of carboxylic acid groups (broad SMARTS) is 1. The van der Waals surface area contributed by atoms with Crippen molar-refractivity contribution >= 4 is 51.3 Å². The Balaban J connectivity index is 1.83. The van der Waals surface area contributed by atoms with E-state index in [1.54, 1.807) is 6.07 Å². The Hall–Kier alpha value is -2.73. The van der Waals surface area contributed by atoms with Gasteiger partial charge in [-0.05, 0) is 62.3 Å². The molecule has 1 aliphatic heterocycles. The molecule has 230 valence electrons. The number of nitrogens with one attached hydrogen (secondary N) is 1. The van der Waals surface area contributed by atoms with Crippen molar-refractivity contribution in [2.24, 2.45) is 11.3 Å². The van der Waals surface area contributed by atoms with Gasteiger partial charge in [-0.25, -0.2) is 4.79 Å². The zero-order valence-corrected chi connectivity index (χ0v) is 26.0. The minimum atomic E-state index is -3.34. The second kappa shape index (κ2) is 13.7. The summed E-state index contributed by atoms with van der Waals surface area (Å²) in [5.41, 5.74) is 1.77. The lowest BCUT2D eigenvalue weighted by Crippen LogP contribution is -2.37. The second-order valence-corrected chi connectivity index (χ2v) is 14.2. The number of fused-ring (bicyclic) bond motifs is 1. The first kappa shape index (κ1) is 32.2. The fourth-order valence-electron chi connectivity index (χ4n) is 5.47. The number of rotatable bonds is 13. The molecule has 1 amide bonds. The van der Waals surface area contributed by atoms with Gasteiger partial charge in [-0.1, -0.05) is 39.5 Å². The number of anilines is 3. The fraction of sp³-hybridized carbons (Fsp3) is 0.484. The quantitative estimate of drug-likeness (QED) is 0.0998. The van der Waals surface area contributed by atoms with Crippen LogP contribution in [0.2, 0.25) is 0 Å². The van der Waals surface area contributed by atoms with E-state index in [2.05, 4.69) is 24.1 Å². The molecule has 42 heavy (non-hydrogen) atoms. The third kappa shape index (κ3) is 7.61. The summed E-state index contributed by atoms with van der Waals surface area (Å²) in [5.74, 6) is -2.77. The summed E-state index contributed by atoms with van der Waals surface area (Å²) in [5, 5.41) is 11.9. The molecule has 1 fully saturated rings. The van der Waals surface area contributed by atoms with Gasteiger partial charge in [-0.3, -0.25) is 13.9 Å². The number of thioether (sulfide) groups is 1. The number of unbranched alkanes of at least 4 members (excludes halogenated alkanes) is 2. The molecule has 1 saturated carbocycles. The number of hydrogen-bond donors (Lipinski definition) is 4. The van der Waals surface area contributed by atoms with E-state index in [0.717, 1.165) is 57.1 Å². The van der Waals surface area contributed by atoms with Crippen LogP contribution in [0, 0.1) is 11.3 Å². The van der Waals surface area contributed by atoms with Gasteiger partial charge in [0.15, 0.2) is 0 Å². The van der Waals surface area contributed by atoms with Crippen LogP contribution in [0.3, 0.4) is 0 Å². The first-order valence-corrected chi connectivity index (χ1v) is 17.4. The molecular formula is C31H41FN2O6S2. The van der Waals surface area contributed by atoms with Crippen LogP contribution in [-0.2, 0) is 9.59 Å². The molecule has 2 aromatic rings. The molecule has 0 atom stereocenters. The summed E-state index contributed by atoms with van der Waals surface area (Å²) in [6.07, 6.45) is 9.66. The van der Waals surface area contributed by atoms with Crippen LogP contribution >= 0.6 is 22.4 Å². The van der Waals surface area contributed by atoms with E-state index >= 15 is 0 Å². The molecule has 0 bridgehead atoms. The molecule has 0 aromatic heterocycles. The average Bonchev–Trinajstić information content (AvgIpc) is 3.82. The van der Waals surface area contributed by atoms with Crippen LogP contribution in [0.4, 0.5) is 21.5 Å². The van der Waals surface area contributed by atoms with Gasteiger partial charge in [0.2, 0.25) is 11.7 Å². The van der Waals surface area contributed by atoms with Gasteiger partial charge in [-0.15, -0.1) is 11.8 Å². The van der Waals surface area contributed by atoms with Crippen LogP contribution in [0.5, 0.6) is 5.75 Å². The van der Waals surface area contributed by atoms with Gasteiger partial charge in [0.25, 0.3) is 0 Å². The molecule has 4 rings (SSSR count). The molecule has 1 aliphatic carbocycles. The first-order valence-electron chi connectivity index (χ1n) is 14.4. The second-order valence-electron chi connectivity index (χ2n) is 11.3. The Morgan fingerprint density at radius 2 is 1.79 bits per heavy atom. The molecule has 11 heteroatoms. The van der Waals surface area contributed by atoms with E-state index in [1.807, 2.05) is 30.5 Å². The highest BCUT2D eigenvalue weighted by Crippen LogP contribution is 2.62. The molecular weight excluding hydrogens is 579 g/mol. The van der Waals surface area contributed by atoms with Gasteiger partial charge in [0.05, 0.1) is 15.5 Å². The van der Waals surface area contributed by atoms with E-state index in [9.17, 15) is 23.1 Å². The maximum Gasteiger partial charge on any atom is 0.368 e. The van der Waals surface area contributed by atoms with Crippen molar-refractivity contribution in [3.8, 4) is 5.75 Å². The third-order valence-corrected chi connectivity index (χ3v) is 10.7. The number of hydrogen-bond acceptors (Lipinski definition) is 7. The standard InChI is InChI=1S/C31H41FN2O6S2/c1-4-6-14-31(15-7-5-2)19-34(23-12-10-22(11-13-23)33-29(35)21-8-9-21)25-16-27(41-3)26(40-18-24(32)30(36)37)17-28(25)42(38,39)20-31/h10-13,16-18,21,38-39H,4-9,14-15,19-20H2,1-3H3,(H,33,35)(H,36,37). The third-order valence-electron chi connectivity index (χ3n) is 7.90. The molecule has 2 aromatic carbocycles. The van der Waals surface area contributed by atoms with E-state index in [4.69, 9.17) is 9.84 Å². The number of carbonyl (C=O) groups excluding carboxylic acids is 1. The van der Waals surface area contributed by atoms with Crippen LogP contribution in [0.25, 0.3) is 0 Å². The minimum Gasteiger partial charge on any atom is -0.476 e. The van der Waals surface area contributed by atoms with Crippen molar-refractivity contribution in [2.45, 2.75) is 75.0 Å².